The van der Waals surface area contributed by atoms with Gasteiger partial charge in [-0.05, 0) is 41.8 Å². The van der Waals surface area contributed by atoms with Crippen molar-refractivity contribution in [1.82, 2.24) is 28.7 Å². The third-order valence-corrected chi connectivity index (χ3v) is 10.6. The molecule has 0 unspecified atom stereocenters. The van der Waals surface area contributed by atoms with E-state index in [9.17, 15) is 0 Å². The molecule has 0 spiro atoms. The normalized spacial score (nSPS) is 11.5. The molecule has 0 amide bonds. The van der Waals surface area contributed by atoms with Gasteiger partial charge in [0.25, 0.3) is 0 Å². The zero-order valence-electron chi connectivity index (χ0n) is 31.7. The molecule has 0 radical (unpaired) electrons. The highest BCUT2D eigenvalue weighted by Gasteiger charge is 2.19. The first kappa shape index (κ1) is 34.1. The molecule has 6 nitrogen and oxygen atoms in total. The Hall–Kier alpha value is -7.44. The zero-order valence-corrected chi connectivity index (χ0v) is 31.7. The quantitative estimate of drug-likeness (QED) is 0.156. The summed E-state index contributed by atoms with van der Waals surface area (Å²) in [5.41, 5.74) is 16.1. The number of hydrogen-bond donors (Lipinski definition) is 0. The summed E-state index contributed by atoms with van der Waals surface area (Å²) in [4.78, 5) is 20.4. The summed E-state index contributed by atoms with van der Waals surface area (Å²) in [6, 6.07) is 61.1. The SMILES string of the molecule is CC(C)c1ccc(-c2nc(-c3ccc(-c4c(-c5ccccc5)nc5ccccn45)cc3)cc(-c3ccc(-c4c(-c5ccccc5)nc5ccccn45)cc3)n2)cc1. The third-order valence-electron chi connectivity index (χ3n) is 10.6. The predicted octanol–water partition coefficient (Wildman–Crippen LogP) is 12.6. The molecular formula is C51H38N6. The van der Waals surface area contributed by atoms with Crippen LogP contribution in [0.1, 0.15) is 25.3 Å². The second-order valence-electron chi connectivity index (χ2n) is 14.6. The lowest BCUT2D eigenvalue weighted by Gasteiger charge is -2.12. The van der Waals surface area contributed by atoms with Crippen molar-refractivity contribution in [1.29, 1.82) is 0 Å². The maximum absolute atomic E-state index is 5.18. The van der Waals surface area contributed by atoms with E-state index < -0.39 is 0 Å². The van der Waals surface area contributed by atoms with Gasteiger partial charge in [-0.3, -0.25) is 8.80 Å². The summed E-state index contributed by atoms with van der Waals surface area (Å²) >= 11 is 0. The molecule has 10 rings (SSSR count). The Bertz CT molecular complexity index is 2820. The first-order chi connectivity index (χ1) is 28.1. The number of imidazole rings is 2. The minimum Gasteiger partial charge on any atom is -0.299 e. The van der Waals surface area contributed by atoms with Gasteiger partial charge in [0, 0.05) is 51.3 Å². The molecule has 0 atom stereocenters. The van der Waals surface area contributed by atoms with Gasteiger partial charge < -0.3 is 0 Å². The highest BCUT2D eigenvalue weighted by atomic mass is 15.0. The van der Waals surface area contributed by atoms with E-state index in [1.165, 1.54) is 5.56 Å². The fourth-order valence-electron chi connectivity index (χ4n) is 7.62. The average molecular weight is 735 g/mol. The molecule has 0 saturated heterocycles. The van der Waals surface area contributed by atoms with Crippen LogP contribution in [0.5, 0.6) is 0 Å². The first-order valence-corrected chi connectivity index (χ1v) is 19.3. The summed E-state index contributed by atoms with van der Waals surface area (Å²) in [5.74, 6) is 1.12. The molecule has 272 valence electrons. The topological polar surface area (TPSA) is 60.4 Å². The van der Waals surface area contributed by atoms with E-state index in [1.54, 1.807) is 0 Å². The molecule has 10 aromatic rings. The molecular weight excluding hydrogens is 697 g/mol. The maximum atomic E-state index is 5.18. The number of hydrogen-bond acceptors (Lipinski definition) is 4. The molecule has 0 aliphatic carbocycles. The molecule has 0 bridgehead atoms. The van der Waals surface area contributed by atoms with Crippen LogP contribution in [0.25, 0.3) is 90.2 Å². The summed E-state index contributed by atoms with van der Waals surface area (Å²) in [7, 11) is 0. The molecule has 0 N–H and O–H groups in total. The molecule has 0 aliphatic rings. The Kier molecular flexibility index (Phi) is 8.57. The maximum Gasteiger partial charge on any atom is 0.160 e. The molecule has 5 heterocycles. The number of fused-ring (bicyclic) bond motifs is 2. The minimum atomic E-state index is 0.435. The van der Waals surface area contributed by atoms with Crippen LogP contribution in [-0.4, -0.2) is 28.7 Å². The van der Waals surface area contributed by atoms with Crippen molar-refractivity contribution in [2.75, 3.05) is 0 Å². The van der Waals surface area contributed by atoms with E-state index in [-0.39, 0.29) is 0 Å². The van der Waals surface area contributed by atoms with E-state index in [1.807, 2.05) is 36.4 Å². The van der Waals surface area contributed by atoms with Gasteiger partial charge in [0.1, 0.15) is 11.3 Å². The lowest BCUT2D eigenvalue weighted by atomic mass is 10.00. The fraction of sp³-hybridized carbons (Fsp3) is 0.0588. The highest BCUT2D eigenvalue weighted by molar-refractivity contribution is 5.85. The van der Waals surface area contributed by atoms with Crippen LogP contribution in [0.2, 0.25) is 0 Å². The second-order valence-corrected chi connectivity index (χ2v) is 14.6. The van der Waals surface area contributed by atoms with Crippen LogP contribution in [0.3, 0.4) is 0 Å². The molecule has 5 aromatic heterocycles. The second kappa shape index (κ2) is 14.3. The van der Waals surface area contributed by atoms with Gasteiger partial charge in [-0.25, -0.2) is 19.9 Å². The average Bonchev–Trinajstić information content (AvgIpc) is 3.87. The summed E-state index contributed by atoms with van der Waals surface area (Å²) in [6.45, 7) is 4.42. The monoisotopic (exact) mass is 734 g/mol. The molecule has 6 heteroatoms. The van der Waals surface area contributed by atoms with Crippen molar-refractivity contribution in [2.45, 2.75) is 19.8 Å². The minimum absolute atomic E-state index is 0.435. The lowest BCUT2D eigenvalue weighted by molar-refractivity contribution is 0.867. The van der Waals surface area contributed by atoms with E-state index in [0.717, 1.165) is 84.4 Å². The van der Waals surface area contributed by atoms with Gasteiger partial charge in [-0.2, -0.15) is 0 Å². The number of benzene rings is 5. The number of nitrogens with zero attached hydrogens (tertiary/aromatic N) is 6. The van der Waals surface area contributed by atoms with Crippen molar-refractivity contribution in [3.8, 4) is 78.9 Å². The predicted molar refractivity (Wildman–Crippen MR) is 232 cm³/mol. The van der Waals surface area contributed by atoms with Crippen LogP contribution in [-0.2, 0) is 0 Å². The van der Waals surface area contributed by atoms with E-state index in [2.05, 4.69) is 175 Å². The molecule has 0 saturated carbocycles. The lowest BCUT2D eigenvalue weighted by Crippen LogP contribution is -1.97. The smallest absolute Gasteiger partial charge is 0.160 e. The van der Waals surface area contributed by atoms with Crippen LogP contribution >= 0.6 is 0 Å². The van der Waals surface area contributed by atoms with Crippen LogP contribution in [0.4, 0.5) is 0 Å². The van der Waals surface area contributed by atoms with Gasteiger partial charge >= 0.3 is 0 Å². The number of pyridine rings is 2. The van der Waals surface area contributed by atoms with E-state index in [4.69, 9.17) is 19.9 Å². The molecule has 0 aliphatic heterocycles. The standard InChI is InChI=1S/C51H38N6/c1-34(2)35-19-29-42(30-20-35)51-52-43(36-21-25-40(26-22-36)49-47(38-13-5-3-6-14-38)54-45-17-9-11-31-56(45)49)33-44(53-51)37-23-27-41(28-24-37)50-48(39-15-7-4-8-16-39)55-46-18-10-12-32-57(46)50/h3-34H,1-2H3. The first-order valence-electron chi connectivity index (χ1n) is 19.3. The molecule has 5 aromatic carbocycles. The van der Waals surface area contributed by atoms with Crippen LogP contribution in [0, 0.1) is 0 Å². The Morgan fingerprint density at radius 3 is 1.21 bits per heavy atom. The van der Waals surface area contributed by atoms with E-state index >= 15 is 0 Å². The Balaban J connectivity index is 1.07. The molecule has 0 fully saturated rings. The number of rotatable bonds is 8. The summed E-state index contributed by atoms with van der Waals surface area (Å²) in [6.07, 6.45) is 4.16. The van der Waals surface area contributed by atoms with Crippen LogP contribution < -0.4 is 0 Å². The van der Waals surface area contributed by atoms with Gasteiger partial charge in [-0.15, -0.1) is 0 Å². The van der Waals surface area contributed by atoms with Crippen molar-refractivity contribution in [2.24, 2.45) is 0 Å². The third kappa shape index (κ3) is 6.37. The Labute approximate surface area is 331 Å². The summed E-state index contributed by atoms with van der Waals surface area (Å²) in [5, 5.41) is 0. The zero-order chi connectivity index (χ0) is 38.3. The number of aromatic nitrogens is 6. The Morgan fingerprint density at radius 2 is 0.772 bits per heavy atom. The van der Waals surface area contributed by atoms with E-state index in [0.29, 0.717) is 11.7 Å². The highest BCUT2D eigenvalue weighted by Crippen LogP contribution is 2.37. The fourth-order valence-corrected chi connectivity index (χ4v) is 7.62. The van der Waals surface area contributed by atoms with Gasteiger partial charge in [0.05, 0.1) is 34.2 Å². The van der Waals surface area contributed by atoms with Crippen molar-refractivity contribution in [3.05, 3.63) is 194 Å². The van der Waals surface area contributed by atoms with Crippen molar-refractivity contribution >= 4 is 11.3 Å². The van der Waals surface area contributed by atoms with Gasteiger partial charge in [-0.1, -0.05) is 159 Å². The van der Waals surface area contributed by atoms with Crippen molar-refractivity contribution < 1.29 is 0 Å². The van der Waals surface area contributed by atoms with Gasteiger partial charge in [0.15, 0.2) is 5.82 Å². The van der Waals surface area contributed by atoms with Gasteiger partial charge in [0.2, 0.25) is 0 Å². The van der Waals surface area contributed by atoms with Crippen molar-refractivity contribution in [3.63, 3.8) is 0 Å². The largest absolute Gasteiger partial charge is 0.299 e. The molecule has 57 heavy (non-hydrogen) atoms. The summed E-state index contributed by atoms with van der Waals surface area (Å²) < 4.78 is 4.33. The Morgan fingerprint density at radius 1 is 0.368 bits per heavy atom. The van der Waals surface area contributed by atoms with Crippen LogP contribution in [0.15, 0.2) is 188 Å².